The second kappa shape index (κ2) is 5.07. The molecule has 0 atom stereocenters. The van der Waals surface area contributed by atoms with Crippen molar-refractivity contribution in [2.45, 2.75) is 24.2 Å². The summed E-state index contributed by atoms with van der Waals surface area (Å²) in [6, 6.07) is 6.20. The molecule has 0 amide bonds. The lowest BCUT2D eigenvalue weighted by Crippen LogP contribution is -2.27. The van der Waals surface area contributed by atoms with E-state index < -0.39 is 16.0 Å². The van der Waals surface area contributed by atoms with Gasteiger partial charge in [-0.2, -0.15) is 0 Å². The van der Waals surface area contributed by atoms with Crippen LogP contribution in [0.5, 0.6) is 0 Å². The highest BCUT2D eigenvalue weighted by Gasteiger charge is 2.25. The van der Waals surface area contributed by atoms with Gasteiger partial charge in [-0.05, 0) is 30.4 Å². The molecule has 0 saturated heterocycles. The van der Waals surface area contributed by atoms with Gasteiger partial charge in [0.25, 0.3) is 0 Å². The minimum atomic E-state index is -3.60. The van der Waals surface area contributed by atoms with E-state index >= 15 is 0 Å². The third kappa shape index (κ3) is 3.30. The summed E-state index contributed by atoms with van der Waals surface area (Å²) in [6.45, 7) is 0.434. The first-order valence-electron chi connectivity index (χ1n) is 5.78. The molecule has 1 aromatic rings. The largest absolute Gasteiger partial charge is 0.481 e. The molecule has 1 aliphatic rings. The molecule has 2 rings (SSSR count). The molecular weight excluding hydrogens is 254 g/mol. The SMILES string of the molecule is O=C(O)Cc1ccccc1S(=O)(=O)NCC1CC1. The molecule has 0 aromatic heterocycles. The van der Waals surface area contributed by atoms with Gasteiger partial charge >= 0.3 is 5.97 Å². The molecule has 18 heavy (non-hydrogen) atoms. The number of carbonyl (C=O) groups is 1. The van der Waals surface area contributed by atoms with Crippen molar-refractivity contribution in [1.82, 2.24) is 4.72 Å². The van der Waals surface area contributed by atoms with Crippen molar-refractivity contribution in [2.75, 3.05) is 6.54 Å². The average molecular weight is 269 g/mol. The average Bonchev–Trinajstić information content (AvgIpc) is 3.10. The van der Waals surface area contributed by atoms with Crippen LogP contribution in [-0.4, -0.2) is 26.0 Å². The number of benzene rings is 1. The van der Waals surface area contributed by atoms with Crippen molar-refractivity contribution in [2.24, 2.45) is 5.92 Å². The lowest BCUT2D eigenvalue weighted by Gasteiger charge is -2.09. The highest BCUT2D eigenvalue weighted by Crippen LogP contribution is 2.28. The number of hydrogen-bond acceptors (Lipinski definition) is 3. The van der Waals surface area contributed by atoms with E-state index in [1.54, 1.807) is 12.1 Å². The molecule has 6 heteroatoms. The second-order valence-corrected chi connectivity index (χ2v) is 6.21. The van der Waals surface area contributed by atoms with Crippen molar-refractivity contribution < 1.29 is 18.3 Å². The van der Waals surface area contributed by atoms with Crippen molar-refractivity contribution in [3.63, 3.8) is 0 Å². The van der Waals surface area contributed by atoms with Crippen LogP contribution in [0.3, 0.4) is 0 Å². The highest BCUT2D eigenvalue weighted by atomic mass is 32.2. The first-order valence-corrected chi connectivity index (χ1v) is 7.27. The number of sulfonamides is 1. The topological polar surface area (TPSA) is 83.5 Å². The van der Waals surface area contributed by atoms with E-state index in [4.69, 9.17) is 5.11 Å². The minimum Gasteiger partial charge on any atom is -0.481 e. The summed E-state index contributed by atoms with van der Waals surface area (Å²) in [5.74, 6) is -0.605. The van der Waals surface area contributed by atoms with Crippen LogP contribution in [0.1, 0.15) is 18.4 Å². The number of carboxylic acids is 1. The summed E-state index contributed by atoms with van der Waals surface area (Å²) in [5.41, 5.74) is 0.313. The Morgan fingerprint density at radius 2 is 2.00 bits per heavy atom. The van der Waals surface area contributed by atoms with Gasteiger partial charge in [0.1, 0.15) is 0 Å². The van der Waals surface area contributed by atoms with Gasteiger partial charge in [-0.3, -0.25) is 4.79 Å². The van der Waals surface area contributed by atoms with Gasteiger partial charge < -0.3 is 5.11 Å². The fourth-order valence-corrected chi connectivity index (χ4v) is 3.06. The summed E-state index contributed by atoms with van der Waals surface area (Å²) in [4.78, 5) is 10.8. The first kappa shape index (κ1) is 13.0. The normalized spacial score (nSPS) is 15.6. The summed E-state index contributed by atoms with van der Waals surface area (Å²) in [6.07, 6.45) is 1.82. The van der Waals surface area contributed by atoms with E-state index in [0.29, 0.717) is 18.0 Å². The number of rotatable bonds is 6. The summed E-state index contributed by atoms with van der Waals surface area (Å²) in [5, 5.41) is 8.77. The first-order chi connectivity index (χ1) is 8.49. The number of carboxylic acid groups (broad SMARTS) is 1. The fraction of sp³-hybridized carbons (Fsp3) is 0.417. The van der Waals surface area contributed by atoms with Crippen LogP contribution in [0.4, 0.5) is 0 Å². The molecule has 0 aliphatic heterocycles. The third-order valence-electron chi connectivity index (χ3n) is 2.86. The molecule has 2 N–H and O–H groups in total. The Balaban J connectivity index is 2.21. The quantitative estimate of drug-likeness (QED) is 0.807. The molecule has 0 unspecified atom stereocenters. The maximum absolute atomic E-state index is 12.1. The standard InChI is InChI=1S/C12H15NO4S/c14-12(15)7-10-3-1-2-4-11(10)18(16,17)13-8-9-5-6-9/h1-4,9,13H,5-8H2,(H,14,15). The van der Waals surface area contributed by atoms with Gasteiger partial charge in [-0.1, -0.05) is 18.2 Å². The molecule has 1 aliphatic carbocycles. The molecular formula is C12H15NO4S. The van der Waals surface area contributed by atoms with E-state index in [1.807, 2.05) is 0 Å². The molecule has 1 saturated carbocycles. The van der Waals surface area contributed by atoms with Crippen molar-refractivity contribution in [1.29, 1.82) is 0 Å². The smallest absolute Gasteiger partial charge is 0.307 e. The molecule has 0 bridgehead atoms. The van der Waals surface area contributed by atoms with Crippen molar-refractivity contribution >= 4 is 16.0 Å². The van der Waals surface area contributed by atoms with Gasteiger partial charge in [0, 0.05) is 6.54 Å². The van der Waals surface area contributed by atoms with Gasteiger partial charge in [0.2, 0.25) is 10.0 Å². The zero-order valence-corrected chi connectivity index (χ0v) is 10.6. The van der Waals surface area contributed by atoms with Crippen LogP contribution < -0.4 is 4.72 Å². The Labute approximate surface area is 106 Å². The van der Waals surface area contributed by atoms with Gasteiger partial charge in [0.05, 0.1) is 11.3 Å². The summed E-state index contributed by atoms with van der Waals surface area (Å²) >= 11 is 0. The number of hydrogen-bond donors (Lipinski definition) is 2. The summed E-state index contributed by atoms with van der Waals surface area (Å²) in [7, 11) is -3.60. The fourth-order valence-electron chi connectivity index (χ4n) is 1.70. The zero-order valence-electron chi connectivity index (χ0n) is 9.80. The predicted molar refractivity (Wildman–Crippen MR) is 65.7 cm³/mol. The lowest BCUT2D eigenvalue weighted by atomic mass is 10.1. The van der Waals surface area contributed by atoms with E-state index in [1.165, 1.54) is 12.1 Å². The monoisotopic (exact) mass is 269 g/mol. The van der Waals surface area contributed by atoms with Gasteiger partial charge in [0.15, 0.2) is 0 Å². The van der Waals surface area contributed by atoms with Crippen molar-refractivity contribution in [3.05, 3.63) is 29.8 Å². The Kier molecular flexibility index (Phi) is 3.68. The highest BCUT2D eigenvalue weighted by molar-refractivity contribution is 7.89. The van der Waals surface area contributed by atoms with E-state index in [0.717, 1.165) is 12.8 Å². The molecule has 5 nitrogen and oxygen atoms in total. The summed E-state index contributed by atoms with van der Waals surface area (Å²) < 4.78 is 26.7. The van der Waals surface area contributed by atoms with Crippen LogP contribution >= 0.6 is 0 Å². The number of nitrogens with one attached hydrogen (secondary N) is 1. The molecule has 98 valence electrons. The van der Waals surface area contributed by atoms with Gasteiger partial charge in [-0.25, -0.2) is 13.1 Å². The van der Waals surface area contributed by atoms with E-state index in [2.05, 4.69) is 4.72 Å². The van der Waals surface area contributed by atoms with Crippen LogP contribution in [-0.2, 0) is 21.2 Å². The lowest BCUT2D eigenvalue weighted by molar-refractivity contribution is -0.136. The van der Waals surface area contributed by atoms with E-state index in [9.17, 15) is 13.2 Å². The van der Waals surface area contributed by atoms with Crippen LogP contribution in [0.2, 0.25) is 0 Å². The van der Waals surface area contributed by atoms with Crippen LogP contribution in [0, 0.1) is 5.92 Å². The molecule has 0 radical (unpaired) electrons. The minimum absolute atomic E-state index is 0.0630. The molecule has 1 fully saturated rings. The maximum atomic E-state index is 12.1. The van der Waals surface area contributed by atoms with Crippen LogP contribution in [0.25, 0.3) is 0 Å². The zero-order chi connectivity index (χ0) is 13.2. The third-order valence-corrected chi connectivity index (χ3v) is 4.39. The Bertz CT molecular complexity index is 549. The molecule has 0 spiro atoms. The number of aliphatic carboxylic acids is 1. The predicted octanol–water partition coefficient (Wildman–Crippen LogP) is 1.00. The molecule has 0 heterocycles. The second-order valence-electron chi connectivity index (χ2n) is 4.47. The maximum Gasteiger partial charge on any atom is 0.307 e. The Morgan fingerprint density at radius 3 is 2.61 bits per heavy atom. The van der Waals surface area contributed by atoms with Crippen molar-refractivity contribution in [3.8, 4) is 0 Å². The molecule has 1 aromatic carbocycles. The Morgan fingerprint density at radius 1 is 1.33 bits per heavy atom. The van der Waals surface area contributed by atoms with E-state index in [-0.39, 0.29) is 11.3 Å². The Hall–Kier alpha value is -1.40. The van der Waals surface area contributed by atoms with Crippen LogP contribution in [0.15, 0.2) is 29.2 Å². The van der Waals surface area contributed by atoms with Gasteiger partial charge in [-0.15, -0.1) is 0 Å².